The SMILES string of the molecule is COc1ccc(/C=C(\NC(=O)c2ccccc2)C(=O)Nc2ccc(SCCCN3C(=O)c4ccccc4C3=O)cc2)c(OC)c1. The number of carbonyl (C=O) groups excluding carboxylic acids is 4. The maximum Gasteiger partial charge on any atom is 0.272 e. The van der Waals surface area contributed by atoms with Crippen molar-refractivity contribution in [3.63, 3.8) is 0 Å². The van der Waals surface area contributed by atoms with Gasteiger partial charge in [0.1, 0.15) is 17.2 Å². The fourth-order valence-electron chi connectivity index (χ4n) is 4.72. The molecule has 1 aliphatic heterocycles. The van der Waals surface area contributed by atoms with E-state index >= 15 is 0 Å². The number of nitrogens with one attached hydrogen (secondary N) is 2. The molecule has 0 unspecified atom stereocenters. The first-order valence-corrected chi connectivity index (χ1v) is 15.2. The summed E-state index contributed by atoms with van der Waals surface area (Å²) in [6.45, 7) is 0.344. The van der Waals surface area contributed by atoms with E-state index in [9.17, 15) is 19.2 Å². The molecule has 0 fully saturated rings. The number of benzene rings is 4. The molecule has 0 aliphatic carbocycles. The Morgan fingerprint density at radius 1 is 0.822 bits per heavy atom. The molecule has 5 rings (SSSR count). The molecule has 10 heteroatoms. The average Bonchev–Trinajstić information content (AvgIpc) is 3.32. The van der Waals surface area contributed by atoms with Gasteiger partial charge in [-0.2, -0.15) is 0 Å². The molecule has 2 N–H and O–H groups in total. The molecule has 0 saturated carbocycles. The number of carbonyl (C=O) groups is 4. The van der Waals surface area contributed by atoms with Gasteiger partial charge in [-0.15, -0.1) is 11.8 Å². The van der Waals surface area contributed by atoms with Crippen molar-refractivity contribution in [1.29, 1.82) is 0 Å². The number of thioether (sulfide) groups is 1. The van der Waals surface area contributed by atoms with Crippen molar-refractivity contribution in [1.82, 2.24) is 10.2 Å². The van der Waals surface area contributed by atoms with Crippen molar-refractivity contribution in [3.05, 3.63) is 125 Å². The molecular weight excluding hydrogens is 590 g/mol. The Balaban J connectivity index is 1.22. The lowest BCUT2D eigenvalue weighted by molar-refractivity contribution is -0.113. The molecule has 0 aromatic heterocycles. The Hall–Kier alpha value is -5.35. The lowest BCUT2D eigenvalue weighted by Crippen LogP contribution is -2.31. The second kappa shape index (κ2) is 14.4. The van der Waals surface area contributed by atoms with Gasteiger partial charge in [0.05, 0.1) is 25.3 Å². The highest BCUT2D eigenvalue weighted by molar-refractivity contribution is 7.99. The summed E-state index contributed by atoms with van der Waals surface area (Å²) in [6.07, 6.45) is 2.19. The van der Waals surface area contributed by atoms with Crippen LogP contribution in [-0.2, 0) is 4.79 Å². The van der Waals surface area contributed by atoms with Crippen molar-refractivity contribution in [2.75, 3.05) is 31.8 Å². The van der Waals surface area contributed by atoms with Crippen LogP contribution in [0.2, 0.25) is 0 Å². The minimum atomic E-state index is -0.515. The predicted octanol–water partition coefficient (Wildman–Crippen LogP) is 5.89. The van der Waals surface area contributed by atoms with Gasteiger partial charge >= 0.3 is 0 Å². The fourth-order valence-corrected chi connectivity index (χ4v) is 5.56. The largest absolute Gasteiger partial charge is 0.497 e. The highest BCUT2D eigenvalue weighted by Crippen LogP contribution is 2.28. The van der Waals surface area contributed by atoms with Crippen LogP contribution in [0.3, 0.4) is 0 Å². The number of rotatable bonds is 12. The Morgan fingerprint density at radius 3 is 2.13 bits per heavy atom. The van der Waals surface area contributed by atoms with Crippen LogP contribution >= 0.6 is 11.8 Å². The first-order valence-electron chi connectivity index (χ1n) is 14.2. The van der Waals surface area contributed by atoms with Crippen molar-refractivity contribution >= 4 is 47.2 Å². The smallest absolute Gasteiger partial charge is 0.272 e. The molecule has 0 radical (unpaired) electrons. The number of ether oxygens (including phenoxy) is 2. The second-order valence-electron chi connectivity index (χ2n) is 9.97. The lowest BCUT2D eigenvalue weighted by Gasteiger charge is -2.14. The van der Waals surface area contributed by atoms with Crippen molar-refractivity contribution in [2.24, 2.45) is 0 Å². The summed E-state index contributed by atoms with van der Waals surface area (Å²) < 4.78 is 10.7. The van der Waals surface area contributed by atoms with E-state index in [0.29, 0.717) is 58.2 Å². The van der Waals surface area contributed by atoms with Crippen LogP contribution in [0.5, 0.6) is 11.5 Å². The number of nitrogens with zero attached hydrogens (tertiary/aromatic N) is 1. The van der Waals surface area contributed by atoms with Crippen LogP contribution in [0, 0.1) is 0 Å². The molecule has 1 aliphatic rings. The first-order chi connectivity index (χ1) is 21.9. The van der Waals surface area contributed by atoms with E-state index in [1.54, 1.807) is 110 Å². The molecule has 1 heterocycles. The van der Waals surface area contributed by atoms with E-state index in [0.717, 1.165) is 4.90 Å². The molecule has 228 valence electrons. The monoisotopic (exact) mass is 621 g/mol. The Morgan fingerprint density at radius 2 is 1.49 bits per heavy atom. The molecule has 9 nitrogen and oxygen atoms in total. The van der Waals surface area contributed by atoms with Gasteiger partial charge in [-0.25, -0.2) is 0 Å². The molecule has 4 aromatic carbocycles. The number of imide groups is 1. The third-order valence-corrected chi connectivity index (χ3v) is 8.15. The summed E-state index contributed by atoms with van der Waals surface area (Å²) >= 11 is 1.58. The van der Waals surface area contributed by atoms with Crippen LogP contribution in [0.25, 0.3) is 6.08 Å². The number of hydrogen-bond acceptors (Lipinski definition) is 7. The standard InChI is InChI=1S/C35H31N3O6S/c1-43-26-16-13-24(31(22-26)44-2)21-30(37-32(39)23-9-4-3-5-10-23)33(40)36-25-14-17-27(18-15-25)45-20-8-19-38-34(41)28-11-6-7-12-29(28)35(38)42/h3-7,9-18,21-22H,8,19-20H2,1-2H3,(H,36,40)(H,37,39)/b30-21-. The summed E-state index contributed by atoms with van der Waals surface area (Å²) in [6, 6.07) is 27.9. The van der Waals surface area contributed by atoms with Gasteiger partial charge < -0.3 is 20.1 Å². The van der Waals surface area contributed by atoms with E-state index in [2.05, 4.69) is 10.6 Å². The van der Waals surface area contributed by atoms with Gasteiger partial charge in [0, 0.05) is 34.3 Å². The summed E-state index contributed by atoms with van der Waals surface area (Å²) in [5.74, 6) is 0.305. The zero-order valence-electron chi connectivity index (χ0n) is 24.7. The molecule has 0 bridgehead atoms. The third-order valence-electron chi connectivity index (χ3n) is 7.05. The van der Waals surface area contributed by atoms with E-state index in [1.807, 2.05) is 12.1 Å². The van der Waals surface area contributed by atoms with Crippen LogP contribution in [0.15, 0.2) is 108 Å². The predicted molar refractivity (Wildman–Crippen MR) is 174 cm³/mol. The normalized spacial score (nSPS) is 12.5. The molecule has 0 spiro atoms. The summed E-state index contributed by atoms with van der Waals surface area (Å²) in [7, 11) is 3.06. The minimum absolute atomic E-state index is 0.0268. The second-order valence-corrected chi connectivity index (χ2v) is 11.1. The fraction of sp³-hybridized carbons (Fsp3) is 0.143. The van der Waals surface area contributed by atoms with Gasteiger partial charge in [-0.05, 0) is 78.9 Å². The van der Waals surface area contributed by atoms with E-state index in [1.165, 1.54) is 12.0 Å². The van der Waals surface area contributed by atoms with Gasteiger partial charge in [0.2, 0.25) is 0 Å². The molecule has 0 atom stereocenters. The van der Waals surface area contributed by atoms with Crippen molar-refractivity contribution in [2.45, 2.75) is 11.3 Å². The van der Waals surface area contributed by atoms with Crippen LogP contribution in [0.1, 0.15) is 43.1 Å². The highest BCUT2D eigenvalue weighted by atomic mass is 32.2. The lowest BCUT2D eigenvalue weighted by atomic mass is 10.1. The Kier molecular flexibility index (Phi) is 9.96. The van der Waals surface area contributed by atoms with Crippen molar-refractivity contribution in [3.8, 4) is 11.5 Å². The average molecular weight is 622 g/mol. The van der Waals surface area contributed by atoms with Crippen LogP contribution in [0.4, 0.5) is 5.69 Å². The van der Waals surface area contributed by atoms with Gasteiger partial charge in [0.25, 0.3) is 23.6 Å². The number of fused-ring (bicyclic) bond motifs is 1. The van der Waals surface area contributed by atoms with E-state index in [4.69, 9.17) is 9.47 Å². The van der Waals surface area contributed by atoms with Gasteiger partial charge in [-0.3, -0.25) is 24.1 Å². The third kappa shape index (κ3) is 7.42. The minimum Gasteiger partial charge on any atom is -0.497 e. The molecular formula is C35H31N3O6S. The maximum absolute atomic E-state index is 13.4. The topological polar surface area (TPSA) is 114 Å². The summed E-state index contributed by atoms with van der Waals surface area (Å²) in [4.78, 5) is 53.8. The highest BCUT2D eigenvalue weighted by Gasteiger charge is 2.34. The van der Waals surface area contributed by atoms with Gasteiger partial charge in [0.15, 0.2) is 0 Å². The maximum atomic E-state index is 13.4. The van der Waals surface area contributed by atoms with Gasteiger partial charge in [-0.1, -0.05) is 30.3 Å². The zero-order valence-corrected chi connectivity index (χ0v) is 25.6. The van der Waals surface area contributed by atoms with Crippen molar-refractivity contribution < 1.29 is 28.7 Å². The molecule has 4 amide bonds. The Labute approximate surface area is 265 Å². The number of anilines is 1. The van der Waals surface area contributed by atoms with E-state index in [-0.39, 0.29) is 17.5 Å². The van der Waals surface area contributed by atoms with Crippen LogP contribution < -0.4 is 20.1 Å². The number of hydrogen-bond donors (Lipinski definition) is 2. The molecule has 0 saturated heterocycles. The zero-order chi connectivity index (χ0) is 31.8. The Bertz CT molecular complexity index is 1720. The molecule has 4 aromatic rings. The number of methoxy groups -OCH3 is 2. The van der Waals surface area contributed by atoms with E-state index < -0.39 is 11.8 Å². The van der Waals surface area contributed by atoms with Crippen LogP contribution in [-0.4, -0.2) is 55.0 Å². The first kappa shape index (κ1) is 31.1. The molecule has 45 heavy (non-hydrogen) atoms. The summed E-state index contributed by atoms with van der Waals surface area (Å²) in [5, 5.41) is 5.58. The quantitative estimate of drug-likeness (QED) is 0.0878. The summed E-state index contributed by atoms with van der Waals surface area (Å²) in [5.41, 5.74) is 2.45. The number of amides is 4.